The van der Waals surface area contributed by atoms with Crippen molar-refractivity contribution < 1.29 is 4.39 Å². The van der Waals surface area contributed by atoms with Gasteiger partial charge in [0.05, 0.1) is 0 Å². The SMILES string of the molecule is CCN(c1ccc(F)cc1)c1cccc2c1CCNC2. The molecule has 1 aliphatic heterocycles. The number of benzene rings is 2. The first-order valence-electron chi connectivity index (χ1n) is 7.14. The Hall–Kier alpha value is -1.87. The summed E-state index contributed by atoms with van der Waals surface area (Å²) >= 11 is 0. The molecule has 2 nitrogen and oxygen atoms in total. The van der Waals surface area contributed by atoms with Gasteiger partial charge in [-0.1, -0.05) is 12.1 Å². The van der Waals surface area contributed by atoms with Gasteiger partial charge >= 0.3 is 0 Å². The summed E-state index contributed by atoms with van der Waals surface area (Å²) in [5.41, 5.74) is 5.07. The van der Waals surface area contributed by atoms with E-state index in [0.29, 0.717) is 0 Å². The summed E-state index contributed by atoms with van der Waals surface area (Å²) in [5.74, 6) is -0.191. The Balaban J connectivity index is 2.03. The normalized spacial score (nSPS) is 13.9. The van der Waals surface area contributed by atoms with Gasteiger partial charge in [0.1, 0.15) is 5.82 Å². The van der Waals surface area contributed by atoms with Crippen molar-refractivity contribution in [1.29, 1.82) is 0 Å². The molecule has 0 aromatic heterocycles. The molecule has 0 fully saturated rings. The van der Waals surface area contributed by atoms with Gasteiger partial charge in [0.2, 0.25) is 0 Å². The summed E-state index contributed by atoms with van der Waals surface area (Å²) in [6.07, 6.45) is 1.04. The van der Waals surface area contributed by atoms with Crippen LogP contribution in [0.1, 0.15) is 18.1 Å². The number of nitrogens with one attached hydrogen (secondary N) is 1. The average molecular weight is 270 g/mol. The van der Waals surface area contributed by atoms with E-state index in [0.717, 1.165) is 31.7 Å². The molecule has 0 radical (unpaired) electrons. The first-order valence-corrected chi connectivity index (χ1v) is 7.14. The highest BCUT2D eigenvalue weighted by Crippen LogP contribution is 2.31. The van der Waals surface area contributed by atoms with Crippen molar-refractivity contribution in [3.63, 3.8) is 0 Å². The number of nitrogens with zero attached hydrogens (tertiary/aromatic N) is 1. The van der Waals surface area contributed by atoms with Crippen LogP contribution in [0.15, 0.2) is 42.5 Å². The van der Waals surface area contributed by atoms with Gasteiger partial charge in [-0.2, -0.15) is 0 Å². The summed E-state index contributed by atoms with van der Waals surface area (Å²) in [6.45, 7) is 4.95. The van der Waals surface area contributed by atoms with Crippen molar-refractivity contribution in [2.24, 2.45) is 0 Å². The molecule has 0 saturated carbocycles. The molecule has 104 valence electrons. The van der Waals surface area contributed by atoms with Gasteiger partial charge in [-0.05, 0) is 61.3 Å². The number of hydrogen-bond acceptors (Lipinski definition) is 2. The summed E-state index contributed by atoms with van der Waals surface area (Å²) in [5, 5.41) is 3.40. The second-order valence-corrected chi connectivity index (χ2v) is 5.06. The van der Waals surface area contributed by atoms with Crippen LogP contribution in [0.5, 0.6) is 0 Å². The molecule has 0 amide bonds. The van der Waals surface area contributed by atoms with Crippen molar-refractivity contribution in [2.75, 3.05) is 18.0 Å². The molecule has 1 aliphatic rings. The maximum Gasteiger partial charge on any atom is 0.123 e. The van der Waals surface area contributed by atoms with E-state index in [1.807, 2.05) is 12.1 Å². The Bertz CT molecular complexity index is 592. The predicted molar refractivity (Wildman–Crippen MR) is 80.9 cm³/mol. The lowest BCUT2D eigenvalue weighted by atomic mass is 9.98. The van der Waals surface area contributed by atoms with Gasteiger partial charge in [-0.3, -0.25) is 0 Å². The van der Waals surface area contributed by atoms with Crippen LogP contribution < -0.4 is 10.2 Å². The summed E-state index contributed by atoms with van der Waals surface area (Å²) in [6, 6.07) is 13.2. The number of fused-ring (bicyclic) bond motifs is 1. The number of anilines is 2. The minimum Gasteiger partial charge on any atom is -0.342 e. The van der Waals surface area contributed by atoms with Crippen LogP contribution in [0.2, 0.25) is 0 Å². The molecule has 0 atom stereocenters. The fraction of sp³-hybridized carbons (Fsp3) is 0.294. The highest BCUT2D eigenvalue weighted by molar-refractivity contribution is 5.68. The van der Waals surface area contributed by atoms with Crippen molar-refractivity contribution in [1.82, 2.24) is 5.32 Å². The highest BCUT2D eigenvalue weighted by atomic mass is 19.1. The van der Waals surface area contributed by atoms with Crippen molar-refractivity contribution in [3.05, 3.63) is 59.4 Å². The first kappa shape index (κ1) is 13.1. The minimum absolute atomic E-state index is 0.191. The maximum atomic E-state index is 13.1. The van der Waals surface area contributed by atoms with Crippen molar-refractivity contribution >= 4 is 11.4 Å². The summed E-state index contributed by atoms with van der Waals surface area (Å²) in [7, 11) is 0. The van der Waals surface area contributed by atoms with E-state index in [9.17, 15) is 4.39 Å². The summed E-state index contributed by atoms with van der Waals surface area (Å²) < 4.78 is 13.1. The molecule has 1 N–H and O–H groups in total. The third kappa shape index (κ3) is 2.41. The molecule has 0 unspecified atom stereocenters. The Kier molecular flexibility index (Phi) is 3.70. The van der Waals surface area contributed by atoms with E-state index >= 15 is 0 Å². The molecule has 3 rings (SSSR count). The van der Waals surface area contributed by atoms with Crippen molar-refractivity contribution in [3.8, 4) is 0 Å². The zero-order valence-electron chi connectivity index (χ0n) is 11.7. The predicted octanol–water partition coefficient (Wildman–Crippen LogP) is 3.63. The van der Waals surface area contributed by atoms with Crippen LogP contribution >= 0.6 is 0 Å². The van der Waals surface area contributed by atoms with Gasteiger partial charge < -0.3 is 10.2 Å². The average Bonchev–Trinajstić information content (AvgIpc) is 2.50. The molecule has 2 aromatic carbocycles. The Morgan fingerprint density at radius 3 is 2.70 bits per heavy atom. The fourth-order valence-corrected chi connectivity index (χ4v) is 2.88. The van der Waals surface area contributed by atoms with Gasteiger partial charge in [-0.25, -0.2) is 4.39 Å². The van der Waals surface area contributed by atoms with Crippen LogP contribution in [0.25, 0.3) is 0 Å². The fourth-order valence-electron chi connectivity index (χ4n) is 2.88. The van der Waals surface area contributed by atoms with Crippen molar-refractivity contribution in [2.45, 2.75) is 19.9 Å². The molecule has 3 heteroatoms. The lowest BCUT2D eigenvalue weighted by Crippen LogP contribution is -2.26. The molecule has 1 heterocycles. The van der Waals surface area contributed by atoms with Gasteiger partial charge in [0.25, 0.3) is 0 Å². The van der Waals surface area contributed by atoms with Crippen LogP contribution in [-0.4, -0.2) is 13.1 Å². The molecule has 0 saturated heterocycles. The lowest BCUT2D eigenvalue weighted by molar-refractivity contribution is 0.627. The van der Waals surface area contributed by atoms with E-state index < -0.39 is 0 Å². The highest BCUT2D eigenvalue weighted by Gasteiger charge is 2.17. The molecular formula is C17H19FN2. The zero-order valence-corrected chi connectivity index (χ0v) is 11.7. The summed E-state index contributed by atoms with van der Waals surface area (Å²) in [4.78, 5) is 2.25. The van der Waals surface area contributed by atoms with E-state index in [4.69, 9.17) is 0 Å². The van der Waals surface area contributed by atoms with E-state index in [2.05, 4.69) is 35.3 Å². The molecule has 0 bridgehead atoms. The first-order chi connectivity index (χ1) is 9.79. The molecule has 20 heavy (non-hydrogen) atoms. The maximum absolute atomic E-state index is 13.1. The van der Waals surface area contributed by atoms with Gasteiger partial charge in [0, 0.05) is 24.5 Å². The van der Waals surface area contributed by atoms with Crippen LogP contribution in [0, 0.1) is 5.82 Å². The molecule has 0 aliphatic carbocycles. The third-order valence-corrected chi connectivity index (χ3v) is 3.86. The Morgan fingerprint density at radius 1 is 1.15 bits per heavy atom. The topological polar surface area (TPSA) is 15.3 Å². The molecule has 2 aromatic rings. The van der Waals surface area contributed by atoms with Gasteiger partial charge in [-0.15, -0.1) is 0 Å². The molecule has 0 spiro atoms. The Labute approximate surface area is 119 Å². The van der Waals surface area contributed by atoms with Crippen LogP contribution in [0.3, 0.4) is 0 Å². The van der Waals surface area contributed by atoms with Crippen LogP contribution in [-0.2, 0) is 13.0 Å². The van der Waals surface area contributed by atoms with E-state index in [-0.39, 0.29) is 5.82 Å². The second kappa shape index (κ2) is 5.63. The standard InChI is InChI=1S/C17H19FN2/c1-2-20(15-8-6-14(18)7-9-15)17-5-3-4-13-12-19-11-10-16(13)17/h3-9,19H,2,10-12H2,1H3. The molecular weight excluding hydrogens is 251 g/mol. The minimum atomic E-state index is -0.191. The third-order valence-electron chi connectivity index (χ3n) is 3.86. The quantitative estimate of drug-likeness (QED) is 0.916. The van der Waals surface area contributed by atoms with E-state index in [1.165, 1.54) is 28.9 Å². The van der Waals surface area contributed by atoms with Gasteiger partial charge in [0.15, 0.2) is 0 Å². The smallest absolute Gasteiger partial charge is 0.123 e. The van der Waals surface area contributed by atoms with Crippen LogP contribution in [0.4, 0.5) is 15.8 Å². The zero-order chi connectivity index (χ0) is 13.9. The largest absolute Gasteiger partial charge is 0.342 e. The number of rotatable bonds is 3. The second-order valence-electron chi connectivity index (χ2n) is 5.06. The Morgan fingerprint density at radius 2 is 1.95 bits per heavy atom. The lowest BCUT2D eigenvalue weighted by Gasteiger charge is -2.29. The number of halogens is 1. The number of hydrogen-bond donors (Lipinski definition) is 1. The monoisotopic (exact) mass is 270 g/mol. The van der Waals surface area contributed by atoms with E-state index in [1.54, 1.807) is 0 Å².